The molecular formula is C10H6F2N2. The first-order chi connectivity index (χ1) is 6.79. The van der Waals surface area contributed by atoms with E-state index >= 15 is 0 Å². The monoisotopic (exact) mass is 192 g/mol. The van der Waals surface area contributed by atoms with Gasteiger partial charge in [0.2, 0.25) is 0 Å². The Morgan fingerprint density at radius 2 is 1.21 bits per heavy atom. The molecule has 0 radical (unpaired) electrons. The van der Waals surface area contributed by atoms with Crippen LogP contribution < -0.4 is 0 Å². The summed E-state index contributed by atoms with van der Waals surface area (Å²) in [5.41, 5.74) is 0.389. The maximum atomic E-state index is 13.2. The summed E-state index contributed by atoms with van der Waals surface area (Å²) in [5, 5.41) is 0. The van der Waals surface area contributed by atoms with Crippen molar-refractivity contribution in [3.63, 3.8) is 0 Å². The van der Waals surface area contributed by atoms with E-state index in [-0.39, 0.29) is 11.1 Å². The van der Waals surface area contributed by atoms with Gasteiger partial charge in [-0.05, 0) is 12.1 Å². The van der Waals surface area contributed by atoms with E-state index in [9.17, 15) is 8.78 Å². The third-order valence-electron chi connectivity index (χ3n) is 1.84. The summed E-state index contributed by atoms with van der Waals surface area (Å²) >= 11 is 0. The average Bonchev–Trinajstić information content (AvgIpc) is 2.20. The number of halogens is 2. The lowest BCUT2D eigenvalue weighted by molar-refractivity contribution is 0.609. The van der Waals surface area contributed by atoms with Crippen LogP contribution in [0.1, 0.15) is 0 Å². The Morgan fingerprint density at radius 3 is 1.57 bits per heavy atom. The summed E-state index contributed by atoms with van der Waals surface area (Å²) in [6.07, 6.45) is 4.93. The van der Waals surface area contributed by atoms with Crippen LogP contribution in [0.2, 0.25) is 0 Å². The Hall–Kier alpha value is -1.84. The minimum Gasteiger partial charge on any atom is -0.262 e. The van der Waals surface area contributed by atoms with Crippen LogP contribution in [-0.4, -0.2) is 9.97 Å². The number of nitrogens with zero attached hydrogens (tertiary/aromatic N) is 2. The highest BCUT2D eigenvalue weighted by atomic mass is 19.1. The minimum absolute atomic E-state index is 0.194. The summed E-state index contributed by atoms with van der Waals surface area (Å²) in [4.78, 5) is 7.17. The normalized spacial score (nSPS) is 10.1. The Bertz CT molecular complexity index is 414. The molecule has 0 aliphatic heterocycles. The second kappa shape index (κ2) is 3.49. The van der Waals surface area contributed by atoms with Gasteiger partial charge in [-0.1, -0.05) is 0 Å². The molecule has 14 heavy (non-hydrogen) atoms. The lowest BCUT2D eigenvalue weighted by atomic mass is 10.1. The number of hydrogen-bond acceptors (Lipinski definition) is 2. The van der Waals surface area contributed by atoms with Crippen molar-refractivity contribution in [1.29, 1.82) is 0 Å². The molecule has 0 aromatic carbocycles. The van der Waals surface area contributed by atoms with Gasteiger partial charge in [0.05, 0.1) is 12.4 Å². The lowest BCUT2D eigenvalue weighted by Crippen LogP contribution is -1.89. The van der Waals surface area contributed by atoms with Gasteiger partial charge >= 0.3 is 0 Å². The van der Waals surface area contributed by atoms with Crippen LogP contribution >= 0.6 is 0 Å². The summed E-state index contributed by atoms with van der Waals surface area (Å²) in [7, 11) is 0. The molecule has 0 spiro atoms. The Kier molecular flexibility index (Phi) is 2.18. The van der Waals surface area contributed by atoms with Crippen LogP contribution in [-0.2, 0) is 0 Å². The molecule has 2 aromatic rings. The third-order valence-corrected chi connectivity index (χ3v) is 1.84. The van der Waals surface area contributed by atoms with E-state index in [2.05, 4.69) is 9.97 Å². The summed E-state index contributed by atoms with van der Waals surface area (Å²) in [6.45, 7) is 0. The molecule has 2 heterocycles. The number of pyridine rings is 2. The van der Waals surface area contributed by atoms with E-state index in [0.717, 1.165) is 12.4 Å². The van der Waals surface area contributed by atoms with Crippen molar-refractivity contribution in [3.05, 3.63) is 48.6 Å². The van der Waals surface area contributed by atoms with Gasteiger partial charge < -0.3 is 0 Å². The first-order valence-electron chi connectivity index (χ1n) is 3.98. The molecule has 0 bridgehead atoms. The quantitative estimate of drug-likeness (QED) is 0.693. The minimum atomic E-state index is -0.544. The van der Waals surface area contributed by atoms with Crippen LogP contribution in [0, 0.1) is 11.6 Å². The van der Waals surface area contributed by atoms with Crippen molar-refractivity contribution in [3.8, 4) is 11.1 Å². The predicted molar refractivity (Wildman–Crippen MR) is 47.4 cm³/mol. The molecule has 4 heteroatoms. The first kappa shape index (κ1) is 8.74. The van der Waals surface area contributed by atoms with Crippen LogP contribution in [0.25, 0.3) is 11.1 Å². The van der Waals surface area contributed by atoms with E-state index < -0.39 is 11.6 Å². The van der Waals surface area contributed by atoms with Crippen molar-refractivity contribution >= 4 is 0 Å². The number of rotatable bonds is 1. The Labute approximate surface area is 79.3 Å². The maximum Gasteiger partial charge on any atom is 0.149 e. The molecule has 70 valence electrons. The predicted octanol–water partition coefficient (Wildman–Crippen LogP) is 2.42. The van der Waals surface area contributed by atoms with Crippen molar-refractivity contribution in [2.24, 2.45) is 0 Å². The molecule has 0 saturated carbocycles. The molecule has 0 aliphatic carbocycles. The fraction of sp³-hybridized carbons (Fsp3) is 0. The fourth-order valence-electron chi connectivity index (χ4n) is 1.19. The van der Waals surface area contributed by atoms with Crippen LogP contribution in [0.5, 0.6) is 0 Å². The van der Waals surface area contributed by atoms with E-state index in [1.165, 1.54) is 24.5 Å². The summed E-state index contributed by atoms with van der Waals surface area (Å²) in [6, 6.07) is 2.85. The number of aromatic nitrogens is 2. The van der Waals surface area contributed by atoms with Gasteiger partial charge in [-0.3, -0.25) is 9.97 Å². The zero-order valence-corrected chi connectivity index (χ0v) is 7.11. The van der Waals surface area contributed by atoms with Gasteiger partial charge in [-0.15, -0.1) is 0 Å². The van der Waals surface area contributed by atoms with E-state index in [1.54, 1.807) is 0 Å². The highest BCUT2D eigenvalue weighted by Gasteiger charge is 2.08. The van der Waals surface area contributed by atoms with Crippen LogP contribution in [0.3, 0.4) is 0 Å². The highest BCUT2D eigenvalue weighted by Crippen LogP contribution is 2.23. The smallest absolute Gasteiger partial charge is 0.149 e. The Balaban J connectivity index is 2.61. The Morgan fingerprint density at radius 1 is 0.786 bits per heavy atom. The van der Waals surface area contributed by atoms with Gasteiger partial charge in [0.1, 0.15) is 11.6 Å². The zero-order chi connectivity index (χ0) is 9.97. The van der Waals surface area contributed by atoms with Gasteiger partial charge in [0, 0.05) is 23.5 Å². The van der Waals surface area contributed by atoms with Gasteiger partial charge in [0.25, 0.3) is 0 Å². The molecule has 0 unspecified atom stereocenters. The van der Waals surface area contributed by atoms with Gasteiger partial charge in [0.15, 0.2) is 0 Å². The van der Waals surface area contributed by atoms with Gasteiger partial charge in [-0.2, -0.15) is 0 Å². The number of hydrogen-bond donors (Lipinski definition) is 0. The molecule has 0 saturated heterocycles. The molecule has 0 atom stereocenters. The standard InChI is InChI=1S/C10H6F2N2/c11-9-5-13-3-1-7(9)8-2-4-14-6-10(8)12/h1-6H. The largest absolute Gasteiger partial charge is 0.262 e. The lowest BCUT2D eigenvalue weighted by Gasteiger charge is -2.02. The van der Waals surface area contributed by atoms with Crippen LogP contribution in [0.15, 0.2) is 36.9 Å². The first-order valence-corrected chi connectivity index (χ1v) is 3.98. The summed E-state index contributed by atoms with van der Waals surface area (Å²) < 4.78 is 26.4. The zero-order valence-electron chi connectivity index (χ0n) is 7.11. The molecular weight excluding hydrogens is 186 g/mol. The SMILES string of the molecule is Fc1cnccc1-c1ccncc1F. The van der Waals surface area contributed by atoms with Crippen molar-refractivity contribution in [2.45, 2.75) is 0 Å². The highest BCUT2D eigenvalue weighted by molar-refractivity contribution is 5.63. The molecule has 0 N–H and O–H groups in total. The van der Waals surface area contributed by atoms with Crippen molar-refractivity contribution in [1.82, 2.24) is 9.97 Å². The van der Waals surface area contributed by atoms with E-state index in [1.807, 2.05) is 0 Å². The molecule has 0 aliphatic rings. The fourth-order valence-corrected chi connectivity index (χ4v) is 1.19. The summed E-state index contributed by atoms with van der Waals surface area (Å²) in [5.74, 6) is -1.09. The second-order valence-electron chi connectivity index (χ2n) is 2.71. The maximum absolute atomic E-state index is 13.2. The second-order valence-corrected chi connectivity index (χ2v) is 2.71. The molecule has 2 rings (SSSR count). The van der Waals surface area contributed by atoms with Crippen molar-refractivity contribution in [2.75, 3.05) is 0 Å². The van der Waals surface area contributed by atoms with E-state index in [4.69, 9.17) is 0 Å². The molecule has 0 fully saturated rings. The van der Waals surface area contributed by atoms with Crippen molar-refractivity contribution < 1.29 is 8.78 Å². The van der Waals surface area contributed by atoms with Crippen LogP contribution in [0.4, 0.5) is 8.78 Å². The third kappa shape index (κ3) is 1.46. The van der Waals surface area contributed by atoms with Gasteiger partial charge in [-0.25, -0.2) is 8.78 Å². The average molecular weight is 192 g/mol. The molecule has 0 amide bonds. The topological polar surface area (TPSA) is 25.8 Å². The van der Waals surface area contributed by atoms with E-state index in [0.29, 0.717) is 0 Å². The molecule has 2 nitrogen and oxygen atoms in total. The molecule has 2 aromatic heterocycles.